The van der Waals surface area contributed by atoms with Gasteiger partial charge in [0.2, 0.25) is 15.9 Å². The van der Waals surface area contributed by atoms with Gasteiger partial charge in [-0.1, -0.05) is 41.3 Å². The molecule has 4 rings (SSSR count). The van der Waals surface area contributed by atoms with Crippen LogP contribution in [0.4, 0.5) is 5.13 Å². The maximum atomic E-state index is 12.7. The van der Waals surface area contributed by atoms with Crippen molar-refractivity contribution in [1.29, 1.82) is 0 Å². The van der Waals surface area contributed by atoms with E-state index < -0.39 is 15.3 Å². The minimum Gasteiger partial charge on any atom is -0.301 e. The van der Waals surface area contributed by atoms with E-state index in [0.29, 0.717) is 15.3 Å². The number of pyridine rings is 1. The van der Waals surface area contributed by atoms with Crippen LogP contribution in [0.15, 0.2) is 58.5 Å². The SMILES string of the molecule is Cc1cc(SC(C)C(=O)Nc2nc3ccc(S(N)(=O)=O)cc3s2)nc2ccccc12. The number of thiazole rings is 1. The van der Waals surface area contributed by atoms with E-state index in [4.69, 9.17) is 5.14 Å². The maximum Gasteiger partial charge on any atom is 0.239 e. The van der Waals surface area contributed by atoms with E-state index in [1.807, 2.05) is 37.3 Å². The number of primary sulfonamides is 1. The predicted octanol–water partition coefficient (Wildman–Crippen LogP) is 3.92. The highest BCUT2D eigenvalue weighted by atomic mass is 32.2. The zero-order valence-corrected chi connectivity index (χ0v) is 18.6. The lowest BCUT2D eigenvalue weighted by Gasteiger charge is -2.11. The highest BCUT2D eigenvalue weighted by molar-refractivity contribution is 8.00. The third-order valence-corrected chi connectivity index (χ3v) is 7.35. The van der Waals surface area contributed by atoms with E-state index in [1.54, 1.807) is 13.0 Å². The van der Waals surface area contributed by atoms with Crippen LogP contribution in [0.1, 0.15) is 12.5 Å². The van der Waals surface area contributed by atoms with Crippen molar-refractivity contribution in [3.8, 4) is 0 Å². The van der Waals surface area contributed by atoms with Gasteiger partial charge in [0.1, 0.15) is 0 Å². The van der Waals surface area contributed by atoms with Gasteiger partial charge in [0.05, 0.1) is 30.9 Å². The highest BCUT2D eigenvalue weighted by Crippen LogP contribution is 2.30. The average Bonchev–Trinajstić information content (AvgIpc) is 3.08. The van der Waals surface area contributed by atoms with Crippen LogP contribution in [-0.4, -0.2) is 29.5 Å². The second kappa shape index (κ2) is 7.95. The molecule has 154 valence electrons. The van der Waals surface area contributed by atoms with Crippen LogP contribution < -0.4 is 10.5 Å². The first kappa shape index (κ1) is 20.7. The molecule has 0 aliphatic heterocycles. The second-order valence-electron chi connectivity index (χ2n) is 6.74. The molecule has 0 aliphatic carbocycles. The number of fused-ring (bicyclic) bond motifs is 2. The van der Waals surface area contributed by atoms with Gasteiger partial charge in [-0.2, -0.15) is 0 Å². The van der Waals surface area contributed by atoms with Crippen LogP contribution in [0.5, 0.6) is 0 Å². The molecule has 2 heterocycles. The van der Waals surface area contributed by atoms with E-state index in [1.165, 1.54) is 35.2 Å². The van der Waals surface area contributed by atoms with Crippen molar-refractivity contribution in [2.75, 3.05) is 5.32 Å². The van der Waals surface area contributed by atoms with Crippen molar-refractivity contribution in [2.24, 2.45) is 5.14 Å². The third-order valence-electron chi connectivity index (χ3n) is 4.48. The van der Waals surface area contributed by atoms with Crippen molar-refractivity contribution in [3.05, 3.63) is 54.1 Å². The molecule has 0 aliphatic rings. The summed E-state index contributed by atoms with van der Waals surface area (Å²) >= 11 is 2.57. The summed E-state index contributed by atoms with van der Waals surface area (Å²) in [6, 6.07) is 14.3. The number of aromatic nitrogens is 2. The molecule has 2 aromatic heterocycles. The highest BCUT2D eigenvalue weighted by Gasteiger charge is 2.18. The monoisotopic (exact) mass is 458 g/mol. The first-order chi connectivity index (χ1) is 14.2. The summed E-state index contributed by atoms with van der Waals surface area (Å²) in [6.45, 7) is 3.83. The summed E-state index contributed by atoms with van der Waals surface area (Å²) < 4.78 is 23.7. The molecular formula is C20H18N4O3S3. The molecule has 0 saturated carbocycles. The number of hydrogen-bond acceptors (Lipinski definition) is 7. The van der Waals surface area contributed by atoms with Gasteiger partial charge in [0.15, 0.2) is 5.13 Å². The largest absolute Gasteiger partial charge is 0.301 e. The molecule has 0 fully saturated rings. The third kappa shape index (κ3) is 4.31. The van der Waals surface area contributed by atoms with Crippen molar-refractivity contribution < 1.29 is 13.2 Å². The molecule has 30 heavy (non-hydrogen) atoms. The quantitative estimate of drug-likeness (QED) is 0.438. The molecule has 2 aromatic carbocycles. The molecule has 10 heteroatoms. The Labute approximate surface area is 181 Å². The summed E-state index contributed by atoms with van der Waals surface area (Å²) in [5, 5.41) is 9.84. The van der Waals surface area contributed by atoms with Crippen molar-refractivity contribution in [3.63, 3.8) is 0 Å². The molecule has 0 saturated heterocycles. The molecule has 4 aromatic rings. The number of thioether (sulfide) groups is 1. The number of nitrogens with zero attached hydrogens (tertiary/aromatic N) is 2. The van der Waals surface area contributed by atoms with Crippen LogP contribution in [0.25, 0.3) is 21.1 Å². The van der Waals surface area contributed by atoms with Crippen molar-refractivity contribution >= 4 is 65.3 Å². The molecule has 1 amide bonds. The number of anilines is 1. The summed E-state index contributed by atoms with van der Waals surface area (Å²) in [6.07, 6.45) is 0. The minimum atomic E-state index is -3.79. The first-order valence-corrected chi connectivity index (χ1v) is 12.2. The number of carbonyl (C=O) groups is 1. The van der Waals surface area contributed by atoms with Crippen LogP contribution in [0.2, 0.25) is 0 Å². The molecule has 1 atom stereocenters. The number of aryl methyl sites for hydroxylation is 1. The first-order valence-electron chi connectivity index (χ1n) is 8.98. The Morgan fingerprint density at radius 2 is 1.90 bits per heavy atom. The van der Waals surface area contributed by atoms with E-state index in [2.05, 4.69) is 15.3 Å². The number of sulfonamides is 1. The van der Waals surface area contributed by atoms with E-state index in [9.17, 15) is 13.2 Å². The Kier molecular flexibility index (Phi) is 5.49. The Morgan fingerprint density at radius 1 is 1.13 bits per heavy atom. The fraction of sp³-hybridized carbons (Fsp3) is 0.150. The molecule has 0 spiro atoms. The maximum absolute atomic E-state index is 12.7. The van der Waals surface area contributed by atoms with Crippen LogP contribution in [0, 0.1) is 6.92 Å². The number of nitrogens with one attached hydrogen (secondary N) is 1. The zero-order chi connectivity index (χ0) is 21.5. The van der Waals surface area contributed by atoms with Gasteiger partial charge >= 0.3 is 0 Å². The van der Waals surface area contributed by atoms with E-state index >= 15 is 0 Å². The van der Waals surface area contributed by atoms with E-state index in [-0.39, 0.29) is 10.8 Å². The number of para-hydroxylation sites is 1. The number of nitrogens with two attached hydrogens (primary N) is 1. The van der Waals surface area contributed by atoms with Gasteiger partial charge in [-0.25, -0.2) is 23.5 Å². The molecule has 0 radical (unpaired) electrons. The Balaban J connectivity index is 1.51. The van der Waals surface area contributed by atoms with Gasteiger partial charge in [-0.15, -0.1) is 0 Å². The lowest BCUT2D eigenvalue weighted by Crippen LogP contribution is -2.22. The lowest BCUT2D eigenvalue weighted by molar-refractivity contribution is -0.115. The second-order valence-corrected chi connectivity index (χ2v) is 10.7. The summed E-state index contributed by atoms with van der Waals surface area (Å²) in [7, 11) is -3.79. The van der Waals surface area contributed by atoms with Crippen molar-refractivity contribution in [1.82, 2.24) is 9.97 Å². The Hall–Kier alpha value is -2.53. The minimum absolute atomic E-state index is 0.0122. The van der Waals surface area contributed by atoms with Crippen LogP contribution >= 0.6 is 23.1 Å². The Bertz CT molecular complexity index is 1380. The van der Waals surface area contributed by atoms with Crippen molar-refractivity contribution in [2.45, 2.75) is 29.0 Å². The number of benzene rings is 2. The number of amides is 1. The predicted molar refractivity (Wildman–Crippen MR) is 121 cm³/mol. The van der Waals surface area contributed by atoms with Gasteiger partial charge < -0.3 is 5.32 Å². The number of carbonyl (C=O) groups excluding carboxylic acids is 1. The molecule has 3 N–H and O–H groups in total. The van der Waals surface area contributed by atoms with Crippen LogP contribution in [-0.2, 0) is 14.8 Å². The summed E-state index contributed by atoms with van der Waals surface area (Å²) in [4.78, 5) is 21.7. The van der Waals surface area contributed by atoms with Crippen LogP contribution in [0.3, 0.4) is 0 Å². The number of hydrogen-bond donors (Lipinski definition) is 2. The topological polar surface area (TPSA) is 115 Å². The summed E-state index contributed by atoms with van der Waals surface area (Å²) in [5.41, 5.74) is 2.59. The summed E-state index contributed by atoms with van der Waals surface area (Å²) in [5.74, 6) is -0.210. The molecule has 0 bridgehead atoms. The fourth-order valence-electron chi connectivity index (χ4n) is 2.96. The van der Waals surface area contributed by atoms with Gasteiger partial charge in [0, 0.05) is 5.39 Å². The average molecular weight is 459 g/mol. The molecule has 1 unspecified atom stereocenters. The van der Waals surface area contributed by atoms with Gasteiger partial charge in [-0.05, 0) is 49.7 Å². The van der Waals surface area contributed by atoms with Gasteiger partial charge in [-0.3, -0.25) is 4.79 Å². The molecular weight excluding hydrogens is 440 g/mol. The van der Waals surface area contributed by atoms with Gasteiger partial charge in [0.25, 0.3) is 0 Å². The molecule has 7 nitrogen and oxygen atoms in total. The normalized spacial score (nSPS) is 12.9. The Morgan fingerprint density at radius 3 is 2.67 bits per heavy atom. The standard InChI is InChI=1S/C20H18N4O3S3/c1-11-9-18(22-15-6-4-3-5-14(11)15)28-12(2)19(25)24-20-23-16-8-7-13(30(21,26)27)10-17(16)29-20/h3-10,12H,1-2H3,(H2,21,26,27)(H,23,24,25). The van der Waals surface area contributed by atoms with E-state index in [0.717, 1.165) is 21.5 Å². The lowest BCUT2D eigenvalue weighted by atomic mass is 10.1. The fourth-order valence-corrected chi connectivity index (χ4v) is 5.40. The smallest absolute Gasteiger partial charge is 0.239 e. The zero-order valence-electron chi connectivity index (χ0n) is 16.1. The number of rotatable bonds is 5.